The number of rotatable bonds is 0. The highest BCUT2D eigenvalue weighted by Gasteiger charge is 2.56. The van der Waals surface area contributed by atoms with E-state index in [1.54, 1.807) is 5.57 Å². The Morgan fingerprint density at radius 2 is 1.77 bits per heavy atom. The lowest BCUT2D eigenvalue weighted by Crippen LogP contribution is -2.51. The van der Waals surface area contributed by atoms with Crippen LogP contribution < -0.4 is 0 Å². The van der Waals surface area contributed by atoms with Gasteiger partial charge in [-0.3, -0.25) is 0 Å². The molecule has 4 aliphatic carbocycles. The first-order chi connectivity index (χ1) is 10.3. The summed E-state index contributed by atoms with van der Waals surface area (Å²) in [7, 11) is 0. The highest BCUT2D eigenvalue weighted by molar-refractivity contribution is 5.34. The van der Waals surface area contributed by atoms with Crippen molar-refractivity contribution in [3.8, 4) is 0 Å². The van der Waals surface area contributed by atoms with Crippen molar-refractivity contribution in [2.45, 2.75) is 91.6 Å². The molecule has 4 rings (SSSR count). The molecule has 0 bridgehead atoms. The van der Waals surface area contributed by atoms with Crippen LogP contribution in [0.1, 0.15) is 85.5 Å². The molecular weight excluding hydrogens is 268 g/mol. The zero-order chi connectivity index (χ0) is 15.8. The second kappa shape index (κ2) is 4.62. The van der Waals surface area contributed by atoms with Gasteiger partial charge in [0.15, 0.2) is 0 Å². The third-order valence-electron chi connectivity index (χ3n) is 8.42. The maximum atomic E-state index is 10.3. The van der Waals surface area contributed by atoms with E-state index >= 15 is 0 Å². The molecule has 0 spiro atoms. The molecule has 0 aliphatic heterocycles. The molecule has 0 aromatic carbocycles. The van der Waals surface area contributed by atoms with Gasteiger partial charge in [0, 0.05) is 0 Å². The molecule has 0 saturated heterocycles. The molecule has 1 heteroatoms. The van der Waals surface area contributed by atoms with Crippen LogP contribution in [0.15, 0.2) is 11.1 Å². The monoisotopic (exact) mass is 302 g/mol. The predicted molar refractivity (Wildman–Crippen MR) is 91.6 cm³/mol. The van der Waals surface area contributed by atoms with Crippen molar-refractivity contribution < 1.29 is 5.11 Å². The lowest BCUT2D eigenvalue weighted by Gasteiger charge is -2.60. The van der Waals surface area contributed by atoms with Gasteiger partial charge in [0.05, 0.1) is 6.10 Å². The fourth-order valence-corrected chi connectivity index (χ4v) is 7.47. The van der Waals surface area contributed by atoms with E-state index in [0.29, 0.717) is 16.2 Å². The number of aliphatic hydroxyl groups excluding tert-OH is 1. The van der Waals surface area contributed by atoms with Crippen LogP contribution in [-0.2, 0) is 0 Å². The second-order valence-electron chi connectivity index (χ2n) is 10.2. The third-order valence-corrected chi connectivity index (χ3v) is 8.42. The standard InChI is InChI=1S/C21H34O/c1-19(2)9-5-10-21(4)16-8-11-20(3)13-14(22)12-17(20)15(16)6-7-18(19)21/h14,16,18,22H,5-13H2,1-4H3/t14-,16-,18-,20+,21+/m0/s1. The fourth-order valence-electron chi connectivity index (χ4n) is 7.47. The molecule has 0 aromatic rings. The molecule has 3 saturated carbocycles. The summed E-state index contributed by atoms with van der Waals surface area (Å²) in [4.78, 5) is 0. The zero-order valence-electron chi connectivity index (χ0n) is 15.0. The Hall–Kier alpha value is -0.300. The van der Waals surface area contributed by atoms with Gasteiger partial charge in [-0.15, -0.1) is 0 Å². The van der Waals surface area contributed by atoms with E-state index in [1.807, 2.05) is 5.57 Å². The Balaban J connectivity index is 1.76. The predicted octanol–water partition coefficient (Wildman–Crippen LogP) is 5.48. The van der Waals surface area contributed by atoms with Crippen molar-refractivity contribution in [1.82, 2.24) is 0 Å². The molecular formula is C21H34O. The van der Waals surface area contributed by atoms with Gasteiger partial charge < -0.3 is 5.11 Å². The van der Waals surface area contributed by atoms with Crippen molar-refractivity contribution >= 4 is 0 Å². The largest absolute Gasteiger partial charge is 0.393 e. The van der Waals surface area contributed by atoms with Crippen LogP contribution in [0.25, 0.3) is 0 Å². The maximum Gasteiger partial charge on any atom is 0.0585 e. The summed E-state index contributed by atoms with van der Waals surface area (Å²) in [6.45, 7) is 10.1. The normalized spacial score (nSPS) is 50.3. The topological polar surface area (TPSA) is 20.2 Å². The van der Waals surface area contributed by atoms with E-state index in [-0.39, 0.29) is 6.10 Å². The summed E-state index contributed by atoms with van der Waals surface area (Å²) in [5.74, 6) is 1.72. The molecule has 0 aromatic heterocycles. The average Bonchev–Trinajstić information content (AvgIpc) is 2.72. The summed E-state index contributed by atoms with van der Waals surface area (Å²) in [5.41, 5.74) is 4.88. The fraction of sp³-hybridized carbons (Fsp3) is 0.905. The molecule has 1 nitrogen and oxygen atoms in total. The minimum Gasteiger partial charge on any atom is -0.393 e. The van der Waals surface area contributed by atoms with Gasteiger partial charge in [-0.05, 0) is 79.4 Å². The van der Waals surface area contributed by atoms with Crippen molar-refractivity contribution in [1.29, 1.82) is 0 Å². The van der Waals surface area contributed by atoms with Crippen LogP contribution in [0.5, 0.6) is 0 Å². The SMILES string of the molecule is CC1(C)CCC[C@]2(C)[C@H]3CC[C@]4(C)C[C@@H](O)CC4=C3CC[C@@H]12. The average molecular weight is 303 g/mol. The lowest BCUT2D eigenvalue weighted by atomic mass is 9.45. The Labute approximate surface area is 136 Å². The van der Waals surface area contributed by atoms with Gasteiger partial charge in [-0.2, -0.15) is 0 Å². The summed E-state index contributed by atoms with van der Waals surface area (Å²) >= 11 is 0. The van der Waals surface area contributed by atoms with Crippen molar-refractivity contribution in [3.05, 3.63) is 11.1 Å². The summed E-state index contributed by atoms with van der Waals surface area (Å²) in [6.07, 6.45) is 11.6. The van der Waals surface area contributed by atoms with Gasteiger partial charge in [0.1, 0.15) is 0 Å². The molecule has 0 amide bonds. The van der Waals surface area contributed by atoms with Gasteiger partial charge >= 0.3 is 0 Å². The van der Waals surface area contributed by atoms with Gasteiger partial charge in [-0.1, -0.05) is 45.3 Å². The van der Waals surface area contributed by atoms with Crippen LogP contribution in [-0.4, -0.2) is 11.2 Å². The van der Waals surface area contributed by atoms with E-state index in [2.05, 4.69) is 27.7 Å². The highest BCUT2D eigenvalue weighted by atomic mass is 16.3. The first-order valence-corrected chi connectivity index (χ1v) is 9.67. The summed E-state index contributed by atoms with van der Waals surface area (Å²) in [5, 5.41) is 10.3. The number of allylic oxidation sites excluding steroid dienone is 1. The minimum atomic E-state index is -0.0698. The molecule has 22 heavy (non-hydrogen) atoms. The quantitative estimate of drug-likeness (QED) is 0.587. The molecule has 3 fully saturated rings. The van der Waals surface area contributed by atoms with Gasteiger partial charge in [0.2, 0.25) is 0 Å². The van der Waals surface area contributed by atoms with E-state index in [1.165, 1.54) is 44.9 Å². The highest BCUT2D eigenvalue weighted by Crippen LogP contribution is 2.66. The molecule has 0 radical (unpaired) electrons. The molecule has 4 aliphatic rings. The Kier molecular flexibility index (Phi) is 3.20. The molecule has 5 atom stereocenters. The van der Waals surface area contributed by atoms with Crippen LogP contribution >= 0.6 is 0 Å². The molecule has 1 N–H and O–H groups in total. The minimum absolute atomic E-state index is 0.0698. The van der Waals surface area contributed by atoms with E-state index < -0.39 is 0 Å². The first kappa shape index (κ1) is 15.2. The Bertz CT molecular complexity index is 516. The van der Waals surface area contributed by atoms with Crippen LogP contribution in [0.2, 0.25) is 0 Å². The lowest BCUT2D eigenvalue weighted by molar-refractivity contribution is -0.0606. The van der Waals surface area contributed by atoms with Crippen molar-refractivity contribution in [2.24, 2.45) is 28.1 Å². The van der Waals surface area contributed by atoms with Crippen LogP contribution in [0, 0.1) is 28.1 Å². The maximum absolute atomic E-state index is 10.3. The smallest absolute Gasteiger partial charge is 0.0585 e. The van der Waals surface area contributed by atoms with Gasteiger partial charge in [-0.25, -0.2) is 0 Å². The molecule has 0 heterocycles. The number of hydrogen-bond acceptors (Lipinski definition) is 1. The van der Waals surface area contributed by atoms with Crippen LogP contribution in [0.4, 0.5) is 0 Å². The van der Waals surface area contributed by atoms with Crippen molar-refractivity contribution in [3.63, 3.8) is 0 Å². The van der Waals surface area contributed by atoms with E-state index in [4.69, 9.17) is 0 Å². The zero-order valence-corrected chi connectivity index (χ0v) is 15.0. The first-order valence-electron chi connectivity index (χ1n) is 9.67. The number of hydrogen-bond donors (Lipinski definition) is 1. The third kappa shape index (κ3) is 1.93. The van der Waals surface area contributed by atoms with Crippen molar-refractivity contribution in [2.75, 3.05) is 0 Å². The number of fused-ring (bicyclic) bond motifs is 4. The summed E-state index contributed by atoms with van der Waals surface area (Å²) in [6, 6.07) is 0. The second-order valence-corrected chi connectivity index (χ2v) is 10.2. The Morgan fingerprint density at radius 3 is 2.55 bits per heavy atom. The Morgan fingerprint density at radius 1 is 1.00 bits per heavy atom. The molecule has 124 valence electrons. The van der Waals surface area contributed by atoms with Gasteiger partial charge in [0.25, 0.3) is 0 Å². The van der Waals surface area contributed by atoms with E-state index in [9.17, 15) is 5.11 Å². The number of aliphatic hydroxyl groups is 1. The summed E-state index contributed by atoms with van der Waals surface area (Å²) < 4.78 is 0. The molecule has 0 unspecified atom stereocenters. The van der Waals surface area contributed by atoms with Crippen LogP contribution in [0.3, 0.4) is 0 Å². The van der Waals surface area contributed by atoms with E-state index in [0.717, 1.165) is 24.7 Å².